The SMILES string of the molecule is CSCCC(N)C(=O)NC(Cc1cnc[nH]1)C(=O)NC(C)C(=O)NC(CCCN=C(N)N)C(=O)O. The quantitative estimate of drug-likeness (QED) is 0.0664. The molecular weight excluding hydrogens is 478 g/mol. The molecule has 0 radical (unpaired) electrons. The van der Waals surface area contributed by atoms with Gasteiger partial charge in [0.2, 0.25) is 17.7 Å². The van der Waals surface area contributed by atoms with Crippen molar-refractivity contribution in [3.63, 3.8) is 0 Å². The number of thioether (sulfide) groups is 1. The summed E-state index contributed by atoms with van der Waals surface area (Å²) in [5.74, 6) is -2.49. The van der Waals surface area contributed by atoms with Crippen LogP contribution in [0.15, 0.2) is 17.5 Å². The van der Waals surface area contributed by atoms with Crippen LogP contribution in [0.2, 0.25) is 0 Å². The fourth-order valence-corrected chi connectivity index (χ4v) is 3.41. The molecule has 3 amide bonds. The smallest absolute Gasteiger partial charge is 0.326 e. The van der Waals surface area contributed by atoms with E-state index in [1.165, 1.54) is 19.4 Å². The van der Waals surface area contributed by atoms with Gasteiger partial charge < -0.3 is 43.2 Å². The zero-order valence-electron chi connectivity index (χ0n) is 19.8. The Hall–Kier alpha value is -3.33. The van der Waals surface area contributed by atoms with E-state index < -0.39 is 47.9 Å². The van der Waals surface area contributed by atoms with Gasteiger partial charge in [-0.25, -0.2) is 9.78 Å². The molecule has 0 spiro atoms. The Labute approximate surface area is 207 Å². The van der Waals surface area contributed by atoms with Gasteiger partial charge in [0.15, 0.2) is 5.96 Å². The maximum absolute atomic E-state index is 12.9. The lowest BCUT2D eigenvalue weighted by Gasteiger charge is -2.23. The molecule has 4 atom stereocenters. The van der Waals surface area contributed by atoms with Gasteiger partial charge in [-0.1, -0.05) is 0 Å². The van der Waals surface area contributed by atoms with Crippen LogP contribution in [0, 0.1) is 0 Å². The van der Waals surface area contributed by atoms with E-state index in [-0.39, 0.29) is 25.3 Å². The molecule has 0 saturated carbocycles. The standard InChI is InChI=1S/C20H35N9O5S/c1-11(16(30)28-14(19(33)34)4-3-6-25-20(22)23)27-18(32)15(8-12-9-24-10-26-12)29-17(31)13(21)5-7-35-2/h9-11,13-15H,3-8,21H2,1-2H3,(H,24,26)(H,27,32)(H,28,30)(H,29,31)(H,33,34)(H4,22,23,25). The number of nitrogens with one attached hydrogen (secondary N) is 4. The molecule has 0 fully saturated rings. The lowest BCUT2D eigenvalue weighted by molar-refractivity contribution is -0.142. The van der Waals surface area contributed by atoms with Gasteiger partial charge in [-0.15, -0.1) is 0 Å². The van der Waals surface area contributed by atoms with Crippen LogP contribution in [0.4, 0.5) is 0 Å². The van der Waals surface area contributed by atoms with Gasteiger partial charge >= 0.3 is 5.97 Å². The number of H-pyrrole nitrogens is 1. The molecule has 35 heavy (non-hydrogen) atoms. The maximum Gasteiger partial charge on any atom is 0.326 e. The van der Waals surface area contributed by atoms with Gasteiger partial charge in [-0.3, -0.25) is 19.4 Å². The van der Waals surface area contributed by atoms with Crippen molar-refractivity contribution in [2.75, 3.05) is 18.6 Å². The molecule has 196 valence electrons. The number of carboxylic acids is 1. The molecule has 0 aliphatic rings. The number of carbonyl (C=O) groups excluding carboxylic acids is 3. The summed E-state index contributed by atoms with van der Waals surface area (Å²) in [6.07, 6.45) is 5.77. The van der Waals surface area contributed by atoms with E-state index >= 15 is 0 Å². The summed E-state index contributed by atoms with van der Waals surface area (Å²) in [6.45, 7) is 1.62. The van der Waals surface area contributed by atoms with Crippen molar-refractivity contribution in [3.05, 3.63) is 18.2 Å². The second kappa shape index (κ2) is 15.5. The molecule has 0 bridgehead atoms. The van der Waals surface area contributed by atoms with Crippen molar-refractivity contribution < 1.29 is 24.3 Å². The van der Waals surface area contributed by atoms with Crippen molar-refractivity contribution in [1.82, 2.24) is 25.9 Å². The van der Waals surface area contributed by atoms with Gasteiger partial charge in [0.25, 0.3) is 0 Å². The number of carboxylic acid groups (broad SMARTS) is 1. The number of rotatable bonds is 16. The third-order valence-electron chi connectivity index (χ3n) is 4.89. The van der Waals surface area contributed by atoms with Gasteiger partial charge in [-0.2, -0.15) is 11.8 Å². The van der Waals surface area contributed by atoms with E-state index in [2.05, 4.69) is 30.9 Å². The van der Waals surface area contributed by atoms with Crippen LogP contribution in [0.25, 0.3) is 0 Å². The molecule has 11 N–H and O–H groups in total. The molecular formula is C20H35N9O5S. The van der Waals surface area contributed by atoms with Crippen LogP contribution in [0.5, 0.6) is 0 Å². The summed E-state index contributed by atoms with van der Waals surface area (Å²) < 4.78 is 0. The number of nitrogens with two attached hydrogens (primary N) is 3. The van der Waals surface area contributed by atoms with Crippen LogP contribution >= 0.6 is 11.8 Å². The molecule has 0 aromatic carbocycles. The normalized spacial score (nSPS) is 14.1. The molecule has 0 saturated heterocycles. The molecule has 0 aliphatic heterocycles. The fourth-order valence-electron chi connectivity index (χ4n) is 2.92. The first-order chi connectivity index (χ1) is 16.5. The Morgan fingerprint density at radius 2 is 1.80 bits per heavy atom. The highest BCUT2D eigenvalue weighted by Gasteiger charge is 2.28. The molecule has 1 aromatic rings. The second-order valence-corrected chi connectivity index (χ2v) is 8.79. The van der Waals surface area contributed by atoms with Gasteiger partial charge in [-0.05, 0) is 38.2 Å². The average Bonchev–Trinajstić information content (AvgIpc) is 3.31. The molecule has 1 heterocycles. The first kappa shape index (κ1) is 29.7. The number of guanidine groups is 1. The van der Waals surface area contributed by atoms with Gasteiger partial charge in [0.1, 0.15) is 18.1 Å². The van der Waals surface area contributed by atoms with Crippen LogP contribution < -0.4 is 33.2 Å². The highest BCUT2D eigenvalue weighted by molar-refractivity contribution is 7.98. The highest BCUT2D eigenvalue weighted by Crippen LogP contribution is 2.04. The summed E-state index contributed by atoms with van der Waals surface area (Å²) in [7, 11) is 0. The summed E-state index contributed by atoms with van der Waals surface area (Å²) in [6, 6.07) is -4.09. The van der Waals surface area contributed by atoms with E-state index in [4.69, 9.17) is 17.2 Å². The first-order valence-corrected chi connectivity index (χ1v) is 12.4. The van der Waals surface area contributed by atoms with Crippen molar-refractivity contribution in [3.8, 4) is 0 Å². The van der Waals surface area contributed by atoms with Crippen LogP contribution in [0.1, 0.15) is 31.9 Å². The van der Waals surface area contributed by atoms with Crippen molar-refractivity contribution in [2.24, 2.45) is 22.2 Å². The zero-order chi connectivity index (χ0) is 26.4. The van der Waals surface area contributed by atoms with E-state index in [1.807, 2.05) is 6.26 Å². The first-order valence-electron chi connectivity index (χ1n) is 11.0. The average molecular weight is 514 g/mol. The van der Waals surface area contributed by atoms with Crippen molar-refractivity contribution >= 4 is 41.4 Å². The number of hydrogen-bond donors (Lipinski definition) is 8. The monoisotopic (exact) mass is 513 g/mol. The highest BCUT2D eigenvalue weighted by atomic mass is 32.2. The second-order valence-electron chi connectivity index (χ2n) is 7.81. The minimum Gasteiger partial charge on any atom is -0.480 e. The number of aromatic nitrogens is 2. The molecule has 4 unspecified atom stereocenters. The topological polar surface area (TPSA) is 244 Å². The summed E-state index contributed by atoms with van der Waals surface area (Å²) >= 11 is 1.55. The molecule has 14 nitrogen and oxygen atoms in total. The fraction of sp³-hybridized carbons (Fsp3) is 0.600. The van der Waals surface area contributed by atoms with E-state index in [1.54, 1.807) is 11.8 Å². The maximum atomic E-state index is 12.9. The number of imidazole rings is 1. The third kappa shape index (κ3) is 11.6. The number of hydrogen-bond acceptors (Lipinski definition) is 8. The minimum atomic E-state index is -1.23. The predicted octanol–water partition coefficient (Wildman–Crippen LogP) is -2.35. The van der Waals surface area contributed by atoms with Crippen molar-refractivity contribution in [2.45, 2.75) is 56.8 Å². The Morgan fingerprint density at radius 3 is 2.37 bits per heavy atom. The van der Waals surface area contributed by atoms with Crippen molar-refractivity contribution in [1.29, 1.82) is 0 Å². The number of carbonyl (C=O) groups is 4. The molecule has 1 rings (SSSR count). The molecule has 15 heteroatoms. The largest absolute Gasteiger partial charge is 0.480 e. The van der Waals surface area contributed by atoms with Crippen LogP contribution in [-0.4, -0.2) is 87.4 Å². The summed E-state index contributed by atoms with van der Waals surface area (Å²) in [5.41, 5.74) is 17.0. The van der Waals surface area contributed by atoms with Crippen LogP contribution in [0.3, 0.4) is 0 Å². The van der Waals surface area contributed by atoms with E-state index in [0.29, 0.717) is 24.3 Å². The Kier molecular flexibility index (Phi) is 13.2. The van der Waals surface area contributed by atoms with E-state index in [0.717, 1.165) is 0 Å². The lowest BCUT2D eigenvalue weighted by atomic mass is 10.1. The summed E-state index contributed by atoms with van der Waals surface area (Å²) in [4.78, 5) is 60.0. The van der Waals surface area contributed by atoms with Gasteiger partial charge in [0, 0.05) is 24.9 Å². The molecule has 0 aliphatic carbocycles. The minimum absolute atomic E-state index is 0.0870. The van der Waals surface area contributed by atoms with Gasteiger partial charge in [0.05, 0.1) is 12.4 Å². The Balaban J connectivity index is 2.77. The van der Waals surface area contributed by atoms with Crippen LogP contribution in [-0.2, 0) is 25.6 Å². The number of aliphatic carboxylic acids is 1. The number of amides is 3. The van der Waals surface area contributed by atoms with E-state index in [9.17, 15) is 24.3 Å². The summed E-state index contributed by atoms with van der Waals surface area (Å²) in [5, 5.41) is 16.9. The number of aromatic amines is 1. The number of nitrogens with zero attached hydrogens (tertiary/aromatic N) is 2. The third-order valence-corrected chi connectivity index (χ3v) is 5.54. The number of aliphatic imine (C=N–C) groups is 1. The molecule has 1 aromatic heterocycles. The Bertz CT molecular complexity index is 861. The predicted molar refractivity (Wildman–Crippen MR) is 132 cm³/mol. The Morgan fingerprint density at radius 1 is 1.11 bits per heavy atom. The lowest BCUT2D eigenvalue weighted by Crippen LogP contribution is -2.57. The zero-order valence-corrected chi connectivity index (χ0v) is 20.6.